The highest BCUT2D eigenvalue weighted by molar-refractivity contribution is 6.31. The zero-order valence-electron chi connectivity index (χ0n) is 12.8. The maximum Gasteiger partial charge on any atom is 0.114 e. The van der Waals surface area contributed by atoms with E-state index in [2.05, 4.69) is 32.3 Å². The van der Waals surface area contributed by atoms with Crippen LogP contribution in [0.4, 0.5) is 0 Å². The van der Waals surface area contributed by atoms with E-state index in [0.29, 0.717) is 6.54 Å². The van der Waals surface area contributed by atoms with Crippen LogP contribution in [-0.4, -0.2) is 16.1 Å². The first-order valence-electron chi connectivity index (χ1n) is 7.21. The Morgan fingerprint density at radius 3 is 2.60 bits per heavy atom. The number of hydrogen-bond acceptors (Lipinski definition) is 2. The molecule has 1 heterocycles. The lowest BCUT2D eigenvalue weighted by molar-refractivity contribution is 0.332. The molecule has 20 heavy (non-hydrogen) atoms. The molecule has 2 rings (SSSR count). The predicted octanol–water partition coefficient (Wildman–Crippen LogP) is 4.19. The van der Waals surface area contributed by atoms with E-state index >= 15 is 0 Å². The van der Waals surface area contributed by atoms with Crippen LogP contribution >= 0.6 is 11.6 Å². The molecule has 0 aliphatic heterocycles. The molecule has 0 saturated heterocycles. The van der Waals surface area contributed by atoms with Gasteiger partial charge in [-0.05, 0) is 37.0 Å². The summed E-state index contributed by atoms with van der Waals surface area (Å²) < 4.78 is 2.24. The molecule has 1 atom stereocenters. The van der Waals surface area contributed by atoms with E-state index in [-0.39, 0.29) is 11.3 Å². The van der Waals surface area contributed by atoms with Crippen molar-refractivity contribution in [3.05, 3.63) is 29.0 Å². The maximum atomic E-state index is 6.11. The van der Waals surface area contributed by atoms with Gasteiger partial charge in [-0.15, -0.1) is 0 Å². The normalized spacial score (nSPS) is 13.9. The molecular formula is C16H24ClN3. The van der Waals surface area contributed by atoms with Gasteiger partial charge in [-0.1, -0.05) is 32.4 Å². The molecule has 0 aliphatic carbocycles. The average Bonchev–Trinajstić information content (AvgIpc) is 2.72. The largest absolute Gasteiger partial charge is 0.330 e. The fourth-order valence-electron chi connectivity index (χ4n) is 2.78. The van der Waals surface area contributed by atoms with Crippen LogP contribution in [-0.2, 0) is 6.54 Å². The van der Waals surface area contributed by atoms with Crippen LogP contribution in [0.15, 0.2) is 18.2 Å². The summed E-state index contributed by atoms with van der Waals surface area (Å²) in [6.45, 7) is 10.4. The summed E-state index contributed by atoms with van der Waals surface area (Å²) in [6.07, 6.45) is 1.03. The number of hydrogen-bond donors (Lipinski definition) is 1. The highest BCUT2D eigenvalue weighted by atomic mass is 35.5. The van der Waals surface area contributed by atoms with Crippen LogP contribution in [0.2, 0.25) is 5.02 Å². The fourth-order valence-corrected chi connectivity index (χ4v) is 2.94. The summed E-state index contributed by atoms with van der Waals surface area (Å²) in [5.74, 6) is 1.36. The summed E-state index contributed by atoms with van der Waals surface area (Å²) in [4.78, 5) is 4.80. The SMILES string of the molecule is CCn1c(C(CN)CC(C)(C)C)nc2ccc(Cl)cc21. The molecule has 3 nitrogen and oxygen atoms in total. The number of halogens is 1. The number of imidazole rings is 1. The molecular weight excluding hydrogens is 270 g/mol. The number of nitrogens with two attached hydrogens (primary N) is 1. The Bertz CT molecular complexity index is 596. The van der Waals surface area contributed by atoms with Crippen molar-refractivity contribution in [2.75, 3.05) is 6.54 Å². The summed E-state index contributed by atoms with van der Waals surface area (Å²) in [5, 5.41) is 0.749. The lowest BCUT2D eigenvalue weighted by Crippen LogP contribution is -2.22. The summed E-state index contributed by atoms with van der Waals surface area (Å²) in [5.41, 5.74) is 8.34. The second-order valence-corrected chi connectivity index (χ2v) is 6.98. The van der Waals surface area contributed by atoms with Gasteiger partial charge in [0.15, 0.2) is 0 Å². The molecule has 2 aromatic rings. The molecule has 0 radical (unpaired) electrons. The summed E-state index contributed by atoms with van der Waals surface area (Å²) in [6, 6.07) is 5.86. The number of aryl methyl sites for hydroxylation is 1. The van der Waals surface area contributed by atoms with Gasteiger partial charge in [0.05, 0.1) is 11.0 Å². The highest BCUT2D eigenvalue weighted by Crippen LogP contribution is 2.32. The standard InChI is InChI=1S/C16H24ClN3/c1-5-20-14-8-12(17)6-7-13(14)19-15(20)11(10-18)9-16(2,3)4/h6-8,11H,5,9-10,18H2,1-4H3. The van der Waals surface area contributed by atoms with Crippen molar-refractivity contribution in [3.63, 3.8) is 0 Å². The molecule has 0 fully saturated rings. The topological polar surface area (TPSA) is 43.8 Å². The van der Waals surface area contributed by atoms with E-state index in [1.54, 1.807) is 0 Å². The molecule has 1 unspecified atom stereocenters. The lowest BCUT2D eigenvalue weighted by atomic mass is 9.84. The summed E-state index contributed by atoms with van der Waals surface area (Å²) >= 11 is 6.11. The van der Waals surface area contributed by atoms with Crippen LogP contribution < -0.4 is 5.73 Å². The first kappa shape index (κ1) is 15.3. The van der Waals surface area contributed by atoms with Crippen molar-refractivity contribution in [1.29, 1.82) is 0 Å². The van der Waals surface area contributed by atoms with E-state index < -0.39 is 0 Å². The minimum atomic E-state index is 0.235. The average molecular weight is 294 g/mol. The molecule has 1 aromatic carbocycles. The minimum absolute atomic E-state index is 0.235. The molecule has 1 aromatic heterocycles. The smallest absolute Gasteiger partial charge is 0.114 e. The Morgan fingerprint density at radius 1 is 1.35 bits per heavy atom. The third-order valence-corrected chi connectivity index (χ3v) is 3.80. The van der Waals surface area contributed by atoms with Gasteiger partial charge in [0.2, 0.25) is 0 Å². The molecule has 0 spiro atoms. The Balaban J connectivity index is 2.52. The Labute approximate surface area is 126 Å². The van der Waals surface area contributed by atoms with Gasteiger partial charge in [0.1, 0.15) is 5.82 Å². The Kier molecular flexibility index (Phi) is 4.40. The van der Waals surface area contributed by atoms with E-state index in [4.69, 9.17) is 22.3 Å². The van der Waals surface area contributed by atoms with Gasteiger partial charge in [0.25, 0.3) is 0 Å². The minimum Gasteiger partial charge on any atom is -0.330 e. The van der Waals surface area contributed by atoms with Crippen LogP contribution in [0.5, 0.6) is 0 Å². The van der Waals surface area contributed by atoms with Crippen molar-refractivity contribution in [2.45, 2.75) is 46.6 Å². The van der Waals surface area contributed by atoms with E-state index in [1.165, 1.54) is 0 Å². The molecule has 0 amide bonds. The van der Waals surface area contributed by atoms with Gasteiger partial charge < -0.3 is 10.3 Å². The van der Waals surface area contributed by atoms with Crippen molar-refractivity contribution in [1.82, 2.24) is 9.55 Å². The molecule has 0 saturated carbocycles. The van der Waals surface area contributed by atoms with E-state index in [9.17, 15) is 0 Å². The third kappa shape index (κ3) is 3.15. The second-order valence-electron chi connectivity index (χ2n) is 6.54. The van der Waals surface area contributed by atoms with Gasteiger partial charge in [-0.2, -0.15) is 0 Å². The molecule has 110 valence electrons. The quantitative estimate of drug-likeness (QED) is 0.918. The molecule has 0 aliphatic rings. The molecule has 0 bridgehead atoms. The zero-order chi connectivity index (χ0) is 14.9. The van der Waals surface area contributed by atoms with Crippen molar-refractivity contribution < 1.29 is 0 Å². The molecule has 2 N–H and O–H groups in total. The highest BCUT2D eigenvalue weighted by Gasteiger charge is 2.24. The van der Waals surface area contributed by atoms with Crippen molar-refractivity contribution in [3.8, 4) is 0 Å². The van der Waals surface area contributed by atoms with E-state index in [1.807, 2.05) is 18.2 Å². The number of aromatic nitrogens is 2. The zero-order valence-corrected chi connectivity index (χ0v) is 13.5. The third-order valence-electron chi connectivity index (χ3n) is 3.56. The van der Waals surface area contributed by atoms with Crippen LogP contribution in [0.25, 0.3) is 11.0 Å². The lowest BCUT2D eigenvalue weighted by Gasteiger charge is -2.25. The number of nitrogens with zero attached hydrogens (tertiary/aromatic N) is 2. The number of fused-ring (bicyclic) bond motifs is 1. The maximum absolute atomic E-state index is 6.11. The van der Waals surface area contributed by atoms with Gasteiger partial charge in [-0.25, -0.2) is 4.98 Å². The van der Waals surface area contributed by atoms with Crippen LogP contribution in [0, 0.1) is 5.41 Å². The fraction of sp³-hybridized carbons (Fsp3) is 0.562. The van der Waals surface area contributed by atoms with Crippen molar-refractivity contribution in [2.24, 2.45) is 11.1 Å². The van der Waals surface area contributed by atoms with Gasteiger partial charge in [-0.3, -0.25) is 0 Å². The van der Waals surface area contributed by atoms with Crippen LogP contribution in [0.1, 0.15) is 45.9 Å². The first-order chi connectivity index (χ1) is 9.35. The predicted molar refractivity (Wildman–Crippen MR) is 86.3 cm³/mol. The first-order valence-corrected chi connectivity index (χ1v) is 7.59. The van der Waals surface area contributed by atoms with E-state index in [0.717, 1.165) is 34.8 Å². The Morgan fingerprint density at radius 2 is 2.05 bits per heavy atom. The van der Waals surface area contributed by atoms with Gasteiger partial charge >= 0.3 is 0 Å². The molecule has 4 heteroatoms. The number of rotatable bonds is 4. The Hall–Kier alpha value is -1.06. The monoisotopic (exact) mass is 293 g/mol. The summed E-state index contributed by atoms with van der Waals surface area (Å²) in [7, 11) is 0. The number of benzene rings is 1. The van der Waals surface area contributed by atoms with Crippen molar-refractivity contribution >= 4 is 22.6 Å². The second kappa shape index (κ2) is 5.74. The van der Waals surface area contributed by atoms with Gasteiger partial charge in [0, 0.05) is 24.0 Å². The van der Waals surface area contributed by atoms with Crippen LogP contribution in [0.3, 0.4) is 0 Å².